The number of carbonyl (C=O) groups is 1. The minimum Gasteiger partial charge on any atom is -0.458 e. The minimum atomic E-state index is -4.30. The molecule has 4 saturated carbocycles. The highest BCUT2D eigenvalue weighted by Gasteiger charge is 2.63. The fourth-order valence-electron chi connectivity index (χ4n) is 5.24. The van der Waals surface area contributed by atoms with E-state index >= 15 is 0 Å². The molecule has 5 heteroatoms. The van der Waals surface area contributed by atoms with Gasteiger partial charge >= 0.3 is 12.1 Å². The highest BCUT2D eigenvalue weighted by Crippen LogP contribution is 2.62. The fraction of sp³-hybridized carbons (Fsp3) is 0.944. The molecule has 0 heterocycles. The molecule has 0 aliphatic heterocycles. The van der Waals surface area contributed by atoms with E-state index in [2.05, 4.69) is 0 Å². The molecule has 2 nitrogen and oxygen atoms in total. The Balaban J connectivity index is 1.91. The Morgan fingerprint density at radius 1 is 1.04 bits per heavy atom. The second kappa shape index (κ2) is 5.38. The van der Waals surface area contributed by atoms with Gasteiger partial charge in [0.15, 0.2) is 0 Å². The number of alkyl halides is 3. The van der Waals surface area contributed by atoms with Crippen molar-refractivity contribution in [2.75, 3.05) is 0 Å². The number of carbonyl (C=O) groups excluding carboxylic acids is 1. The molecule has 0 amide bonds. The Hall–Kier alpha value is -0.740. The van der Waals surface area contributed by atoms with Gasteiger partial charge in [-0.1, -0.05) is 6.92 Å². The van der Waals surface area contributed by atoms with E-state index in [1.807, 2.05) is 6.92 Å². The van der Waals surface area contributed by atoms with E-state index in [0.29, 0.717) is 18.3 Å². The molecule has 23 heavy (non-hydrogen) atoms. The summed E-state index contributed by atoms with van der Waals surface area (Å²) in [6.07, 6.45) is -0.373. The molecule has 0 spiro atoms. The highest BCUT2D eigenvalue weighted by atomic mass is 19.4. The van der Waals surface area contributed by atoms with E-state index in [0.717, 1.165) is 32.1 Å². The first-order chi connectivity index (χ1) is 10.6. The van der Waals surface area contributed by atoms with Crippen LogP contribution in [0.1, 0.15) is 65.7 Å². The van der Waals surface area contributed by atoms with Gasteiger partial charge in [-0.25, -0.2) is 0 Å². The van der Waals surface area contributed by atoms with Crippen LogP contribution in [-0.4, -0.2) is 17.7 Å². The summed E-state index contributed by atoms with van der Waals surface area (Å²) in [5, 5.41) is 0. The average molecular weight is 332 g/mol. The van der Waals surface area contributed by atoms with Crippen LogP contribution in [0.4, 0.5) is 13.2 Å². The lowest BCUT2D eigenvalue weighted by molar-refractivity contribution is -0.256. The van der Waals surface area contributed by atoms with Crippen LogP contribution in [0, 0.1) is 29.1 Å². The maximum atomic E-state index is 13.3. The first-order valence-electron chi connectivity index (χ1n) is 8.86. The smallest absolute Gasteiger partial charge is 0.392 e. The zero-order valence-electron chi connectivity index (χ0n) is 14.2. The maximum absolute atomic E-state index is 13.3. The van der Waals surface area contributed by atoms with Crippen molar-refractivity contribution in [1.29, 1.82) is 0 Å². The summed E-state index contributed by atoms with van der Waals surface area (Å²) in [7, 11) is 0. The second-order valence-corrected chi connectivity index (χ2v) is 8.68. The molecule has 4 aliphatic rings. The van der Waals surface area contributed by atoms with Crippen molar-refractivity contribution in [2.45, 2.75) is 77.5 Å². The maximum Gasteiger partial charge on any atom is 0.392 e. The molecule has 4 rings (SSSR count). The van der Waals surface area contributed by atoms with Gasteiger partial charge in [0, 0.05) is 0 Å². The van der Waals surface area contributed by atoms with E-state index in [4.69, 9.17) is 4.74 Å². The lowest BCUT2D eigenvalue weighted by Gasteiger charge is -2.60. The lowest BCUT2D eigenvalue weighted by atomic mass is 9.49. The van der Waals surface area contributed by atoms with Crippen LogP contribution >= 0.6 is 0 Å². The molecule has 0 aromatic rings. The Labute approximate surface area is 136 Å². The van der Waals surface area contributed by atoms with Crippen molar-refractivity contribution in [2.24, 2.45) is 29.1 Å². The molecule has 0 saturated heterocycles. The topological polar surface area (TPSA) is 26.3 Å². The zero-order chi connectivity index (χ0) is 17.0. The summed E-state index contributed by atoms with van der Waals surface area (Å²) >= 11 is 0. The van der Waals surface area contributed by atoms with Gasteiger partial charge in [0.2, 0.25) is 0 Å². The lowest BCUT2D eigenvalue weighted by Crippen LogP contribution is -2.61. The van der Waals surface area contributed by atoms with Crippen LogP contribution in [0.5, 0.6) is 0 Å². The molecular formula is C18H27F3O2. The summed E-state index contributed by atoms with van der Waals surface area (Å²) in [4.78, 5) is 12.6. The third-order valence-corrected chi connectivity index (χ3v) is 6.72. The first-order valence-corrected chi connectivity index (χ1v) is 8.86. The third kappa shape index (κ3) is 3.00. The monoisotopic (exact) mass is 332 g/mol. The van der Waals surface area contributed by atoms with Crippen molar-refractivity contribution in [1.82, 2.24) is 0 Å². The van der Waals surface area contributed by atoms with E-state index in [1.54, 1.807) is 13.8 Å². The summed E-state index contributed by atoms with van der Waals surface area (Å²) in [5.74, 6) is 0.388. The molecule has 0 aromatic carbocycles. The van der Waals surface area contributed by atoms with Crippen molar-refractivity contribution in [3.05, 3.63) is 0 Å². The van der Waals surface area contributed by atoms with Gasteiger partial charge in [-0.05, 0) is 76.0 Å². The molecular weight excluding hydrogens is 305 g/mol. The van der Waals surface area contributed by atoms with Crippen LogP contribution in [0.15, 0.2) is 0 Å². The molecule has 0 N–H and O–H groups in total. The predicted octanol–water partition coefficient (Wildman–Crippen LogP) is 5.11. The molecule has 4 aliphatic carbocycles. The number of ether oxygens (including phenoxy) is 1. The Bertz CT molecular complexity index is 453. The second-order valence-electron chi connectivity index (χ2n) is 8.68. The van der Waals surface area contributed by atoms with Crippen LogP contribution in [0.25, 0.3) is 0 Å². The number of rotatable bonds is 4. The van der Waals surface area contributed by atoms with Crippen molar-refractivity contribution < 1.29 is 22.7 Å². The van der Waals surface area contributed by atoms with Crippen LogP contribution < -0.4 is 0 Å². The van der Waals surface area contributed by atoms with Gasteiger partial charge < -0.3 is 4.74 Å². The van der Waals surface area contributed by atoms with Crippen LogP contribution in [-0.2, 0) is 9.53 Å². The summed E-state index contributed by atoms with van der Waals surface area (Å²) in [6, 6.07) is 0. The van der Waals surface area contributed by atoms with E-state index in [-0.39, 0.29) is 11.8 Å². The van der Waals surface area contributed by atoms with Crippen molar-refractivity contribution in [3.63, 3.8) is 0 Å². The predicted molar refractivity (Wildman–Crippen MR) is 80.6 cm³/mol. The zero-order valence-corrected chi connectivity index (χ0v) is 14.2. The number of hydrogen-bond donors (Lipinski definition) is 0. The molecule has 0 radical (unpaired) electrons. The van der Waals surface area contributed by atoms with Crippen molar-refractivity contribution in [3.8, 4) is 0 Å². The van der Waals surface area contributed by atoms with E-state index in [9.17, 15) is 18.0 Å². The van der Waals surface area contributed by atoms with Gasteiger partial charge in [0.05, 0.1) is 11.8 Å². The Morgan fingerprint density at radius 2 is 1.52 bits per heavy atom. The minimum absolute atomic E-state index is 0.114. The van der Waals surface area contributed by atoms with Crippen LogP contribution in [0.3, 0.4) is 0 Å². The SMILES string of the molecule is CCC(C)(C)C(=O)OC1(CC(F)(F)F)C2CC3CC(C2)CC1C3. The number of hydrogen-bond acceptors (Lipinski definition) is 2. The third-order valence-electron chi connectivity index (χ3n) is 6.72. The largest absolute Gasteiger partial charge is 0.458 e. The van der Waals surface area contributed by atoms with E-state index in [1.165, 1.54) is 0 Å². The highest BCUT2D eigenvalue weighted by molar-refractivity contribution is 5.76. The quantitative estimate of drug-likeness (QED) is 0.669. The van der Waals surface area contributed by atoms with Gasteiger partial charge in [0.25, 0.3) is 0 Å². The molecule has 4 bridgehead atoms. The first kappa shape index (κ1) is 17.1. The van der Waals surface area contributed by atoms with Gasteiger partial charge in [-0.15, -0.1) is 0 Å². The van der Waals surface area contributed by atoms with Gasteiger partial charge in [0.1, 0.15) is 5.60 Å². The number of esters is 1. The molecule has 0 aromatic heterocycles. The molecule has 0 atom stereocenters. The van der Waals surface area contributed by atoms with Crippen molar-refractivity contribution >= 4 is 5.97 Å². The average Bonchev–Trinajstić information content (AvgIpc) is 2.42. The van der Waals surface area contributed by atoms with Gasteiger partial charge in [-0.2, -0.15) is 13.2 Å². The molecule has 4 fully saturated rings. The van der Waals surface area contributed by atoms with E-state index < -0.39 is 29.6 Å². The summed E-state index contributed by atoms with van der Waals surface area (Å²) in [6.45, 7) is 5.38. The van der Waals surface area contributed by atoms with Gasteiger partial charge in [-0.3, -0.25) is 4.79 Å². The van der Waals surface area contributed by atoms with Crippen LogP contribution in [0.2, 0.25) is 0 Å². The summed E-state index contributed by atoms with van der Waals surface area (Å²) in [5.41, 5.74) is -2.04. The molecule has 0 unspecified atom stereocenters. The normalized spacial score (nSPS) is 39.6. The Kier molecular flexibility index (Phi) is 4.00. The fourth-order valence-corrected chi connectivity index (χ4v) is 5.24. The standard InChI is InChI=1S/C18H27F3O2/c1-4-16(2,3)15(22)23-17(10-18(19,20)21)13-6-11-5-12(8-13)9-14(17)7-11/h11-14H,4-10H2,1-3H3. The number of halogens is 3. The Morgan fingerprint density at radius 3 is 1.91 bits per heavy atom. The molecule has 132 valence electrons. The summed E-state index contributed by atoms with van der Waals surface area (Å²) < 4.78 is 45.8.